The Hall–Kier alpha value is -0.200. The third kappa shape index (κ3) is 3.40. The molecular weight excluding hydrogens is 371 g/mol. The van der Waals surface area contributed by atoms with Crippen LogP contribution in [-0.4, -0.2) is 12.3 Å². The predicted molar refractivity (Wildman–Crippen MR) is 66.4 cm³/mol. The lowest BCUT2D eigenvalue weighted by Gasteiger charge is -2.10. The number of benzene rings is 1. The summed E-state index contributed by atoms with van der Waals surface area (Å²) in [5.74, 6) is -1.35. The van der Waals surface area contributed by atoms with Gasteiger partial charge in [-0.3, -0.25) is 4.79 Å². The number of rotatable bonds is 3. The highest BCUT2D eigenvalue weighted by Gasteiger charge is 2.17. The molecule has 0 spiro atoms. The van der Waals surface area contributed by atoms with Crippen LogP contribution < -0.4 is 5.32 Å². The number of nitrogens with one attached hydrogen (secondary N) is 1. The van der Waals surface area contributed by atoms with Crippen LogP contribution in [-0.2, 0) is 10.1 Å². The summed E-state index contributed by atoms with van der Waals surface area (Å²) in [5.41, 5.74) is 0.931. The Morgan fingerprint density at radius 1 is 1.50 bits per heavy atom. The van der Waals surface area contributed by atoms with Crippen LogP contribution in [0.5, 0.6) is 0 Å². The van der Waals surface area contributed by atoms with Gasteiger partial charge < -0.3 is 5.32 Å². The van der Waals surface area contributed by atoms with Crippen LogP contribution in [0.1, 0.15) is 5.56 Å². The molecule has 0 saturated carbocycles. The van der Waals surface area contributed by atoms with Gasteiger partial charge in [-0.15, -0.1) is 0 Å². The Morgan fingerprint density at radius 3 is 2.62 bits per heavy atom. The summed E-state index contributed by atoms with van der Waals surface area (Å²) in [6.07, 6.45) is -3.05. The van der Waals surface area contributed by atoms with Crippen LogP contribution in [0.4, 0.5) is 14.5 Å². The molecule has 16 heavy (non-hydrogen) atoms. The predicted octanol–water partition coefficient (Wildman–Crippen LogP) is 4.20. The fraction of sp³-hybridized carbons (Fsp3) is 0.222. The highest BCUT2D eigenvalue weighted by molar-refractivity contribution is 9.10. The average molecular weight is 377 g/mol. The molecule has 1 aromatic rings. The molecular formula is C9H6Br2ClF2NO. The van der Waals surface area contributed by atoms with E-state index >= 15 is 0 Å². The number of alkyl halides is 3. The van der Waals surface area contributed by atoms with E-state index in [4.69, 9.17) is 11.6 Å². The van der Waals surface area contributed by atoms with Gasteiger partial charge in [0.15, 0.2) is 0 Å². The number of carbonyl (C=O) groups excluding carboxylic acids is 1. The average Bonchev–Trinajstić information content (AvgIpc) is 2.22. The van der Waals surface area contributed by atoms with Crippen LogP contribution in [0.15, 0.2) is 16.6 Å². The Kier molecular flexibility index (Phi) is 5.14. The topological polar surface area (TPSA) is 29.1 Å². The van der Waals surface area contributed by atoms with E-state index < -0.39 is 12.3 Å². The number of hydrogen-bond acceptors (Lipinski definition) is 1. The summed E-state index contributed by atoms with van der Waals surface area (Å²) in [7, 11) is 0. The number of carbonyl (C=O) groups is 1. The fourth-order valence-corrected chi connectivity index (χ4v) is 2.02. The molecule has 1 rings (SSSR count). The third-order valence-electron chi connectivity index (χ3n) is 1.75. The summed E-state index contributed by atoms with van der Waals surface area (Å²) >= 11 is 12.2. The lowest BCUT2D eigenvalue weighted by atomic mass is 10.2. The van der Waals surface area contributed by atoms with Gasteiger partial charge in [0, 0.05) is 15.5 Å². The fourth-order valence-electron chi connectivity index (χ4n) is 1.00. The van der Waals surface area contributed by atoms with Crippen molar-refractivity contribution in [3.05, 3.63) is 27.2 Å². The van der Waals surface area contributed by atoms with Crippen molar-refractivity contribution >= 4 is 55.1 Å². The number of anilines is 1. The van der Waals surface area contributed by atoms with E-state index in [2.05, 4.69) is 37.2 Å². The maximum Gasteiger partial charge on any atom is 0.315 e. The minimum atomic E-state index is -3.05. The Morgan fingerprint density at radius 2 is 2.12 bits per heavy atom. The second kappa shape index (κ2) is 5.93. The maximum absolute atomic E-state index is 12.1. The quantitative estimate of drug-likeness (QED) is 0.786. The molecule has 0 aliphatic heterocycles. The van der Waals surface area contributed by atoms with E-state index in [1.807, 2.05) is 0 Å². The Balaban J connectivity index is 3.03. The molecule has 0 aliphatic rings. The highest BCUT2D eigenvalue weighted by atomic mass is 79.9. The number of hydrogen-bond donors (Lipinski definition) is 1. The molecule has 1 aromatic carbocycles. The summed E-state index contributed by atoms with van der Waals surface area (Å²) in [5, 5.41) is 2.86. The number of amides is 1. The van der Waals surface area contributed by atoms with E-state index in [1.54, 1.807) is 6.07 Å². The van der Waals surface area contributed by atoms with Gasteiger partial charge in [-0.2, -0.15) is 8.78 Å². The van der Waals surface area contributed by atoms with Gasteiger partial charge in [0.2, 0.25) is 0 Å². The lowest BCUT2D eigenvalue weighted by molar-refractivity contribution is -0.126. The van der Waals surface area contributed by atoms with Crippen LogP contribution in [0.3, 0.4) is 0 Å². The first-order chi connectivity index (χ1) is 7.45. The normalized spacial score (nSPS) is 10.6. The van der Waals surface area contributed by atoms with Crippen molar-refractivity contribution in [2.75, 3.05) is 5.32 Å². The summed E-state index contributed by atoms with van der Waals surface area (Å²) in [6, 6.07) is 3.07. The van der Waals surface area contributed by atoms with Gasteiger partial charge in [0.1, 0.15) is 0 Å². The standard InChI is InChI=1S/C9H6Br2ClF2NO/c10-3-4-1-5(11)6(12)2-7(4)15-9(16)8(13)14/h1-2,8H,3H2,(H,15,16). The van der Waals surface area contributed by atoms with Crippen LogP contribution in [0.2, 0.25) is 5.02 Å². The first-order valence-electron chi connectivity index (χ1n) is 4.08. The molecule has 0 saturated heterocycles. The Labute approximate surface area is 113 Å². The van der Waals surface area contributed by atoms with Crippen molar-refractivity contribution in [1.29, 1.82) is 0 Å². The second-order valence-corrected chi connectivity index (χ2v) is 4.67. The summed E-state index contributed by atoms with van der Waals surface area (Å²) in [4.78, 5) is 10.8. The zero-order valence-electron chi connectivity index (χ0n) is 7.74. The third-order valence-corrected chi connectivity index (χ3v) is 3.55. The van der Waals surface area contributed by atoms with Crippen molar-refractivity contribution in [2.45, 2.75) is 11.8 Å². The van der Waals surface area contributed by atoms with Gasteiger partial charge in [-0.1, -0.05) is 27.5 Å². The van der Waals surface area contributed by atoms with Crippen molar-refractivity contribution in [1.82, 2.24) is 0 Å². The molecule has 0 heterocycles. The molecule has 88 valence electrons. The summed E-state index contributed by atoms with van der Waals surface area (Å²) in [6.45, 7) is 0. The van der Waals surface area contributed by atoms with Crippen LogP contribution in [0, 0.1) is 0 Å². The van der Waals surface area contributed by atoms with Gasteiger partial charge >= 0.3 is 6.43 Å². The Bertz CT molecular complexity index is 415. The van der Waals surface area contributed by atoms with Crippen LogP contribution in [0.25, 0.3) is 0 Å². The molecule has 2 nitrogen and oxygen atoms in total. The molecule has 0 unspecified atom stereocenters. The minimum absolute atomic E-state index is 0.273. The molecule has 0 fully saturated rings. The lowest BCUT2D eigenvalue weighted by Crippen LogP contribution is -2.20. The van der Waals surface area contributed by atoms with Gasteiger partial charge in [0.25, 0.3) is 5.91 Å². The van der Waals surface area contributed by atoms with Gasteiger partial charge in [-0.05, 0) is 33.6 Å². The number of halogens is 5. The van der Waals surface area contributed by atoms with Crippen molar-refractivity contribution in [3.63, 3.8) is 0 Å². The van der Waals surface area contributed by atoms with E-state index in [0.29, 0.717) is 20.4 Å². The van der Waals surface area contributed by atoms with Crippen molar-refractivity contribution in [3.8, 4) is 0 Å². The van der Waals surface area contributed by atoms with E-state index in [1.165, 1.54) is 6.07 Å². The van der Waals surface area contributed by atoms with E-state index in [9.17, 15) is 13.6 Å². The molecule has 0 atom stereocenters. The first kappa shape index (κ1) is 13.9. The van der Waals surface area contributed by atoms with E-state index in [-0.39, 0.29) is 5.69 Å². The van der Waals surface area contributed by atoms with Gasteiger partial charge in [-0.25, -0.2) is 0 Å². The molecule has 0 aromatic heterocycles. The maximum atomic E-state index is 12.1. The highest BCUT2D eigenvalue weighted by Crippen LogP contribution is 2.30. The zero-order valence-corrected chi connectivity index (χ0v) is 11.7. The molecule has 0 aliphatic carbocycles. The van der Waals surface area contributed by atoms with E-state index in [0.717, 1.165) is 0 Å². The summed E-state index contributed by atoms with van der Waals surface area (Å²) < 4.78 is 24.8. The second-order valence-electron chi connectivity index (χ2n) is 2.85. The molecule has 7 heteroatoms. The smallest absolute Gasteiger partial charge is 0.315 e. The van der Waals surface area contributed by atoms with Gasteiger partial charge in [0.05, 0.1) is 5.02 Å². The SMILES string of the molecule is O=C(Nc1cc(Cl)c(Br)cc1CBr)C(F)F. The largest absolute Gasteiger partial charge is 0.321 e. The molecule has 1 amide bonds. The van der Waals surface area contributed by atoms with Crippen molar-refractivity contribution < 1.29 is 13.6 Å². The minimum Gasteiger partial charge on any atom is -0.321 e. The van der Waals surface area contributed by atoms with Crippen molar-refractivity contribution in [2.24, 2.45) is 0 Å². The molecule has 0 bridgehead atoms. The molecule has 1 N–H and O–H groups in total. The zero-order chi connectivity index (χ0) is 12.3. The molecule has 0 radical (unpaired) electrons. The van der Waals surface area contributed by atoms with Crippen LogP contribution >= 0.6 is 43.5 Å². The first-order valence-corrected chi connectivity index (χ1v) is 6.38. The monoisotopic (exact) mass is 375 g/mol.